The van der Waals surface area contributed by atoms with Gasteiger partial charge in [0.25, 0.3) is 0 Å². The Bertz CT molecular complexity index is 586. The van der Waals surface area contributed by atoms with E-state index in [0.717, 1.165) is 0 Å². The number of aliphatic carboxylic acids is 1. The molecule has 1 aromatic rings. The molecule has 0 aliphatic heterocycles. The van der Waals surface area contributed by atoms with Crippen molar-refractivity contribution in [1.82, 2.24) is 25.5 Å². The first-order chi connectivity index (χ1) is 10.7. The van der Waals surface area contributed by atoms with E-state index in [1.807, 2.05) is 6.07 Å². The van der Waals surface area contributed by atoms with Crippen LogP contribution in [0, 0.1) is 11.3 Å². The number of amides is 1. The summed E-state index contributed by atoms with van der Waals surface area (Å²) in [5.74, 6) is -0.718. The number of alkyl carbamates (subject to hydrolysis) is 1. The molecule has 0 fully saturated rings. The van der Waals surface area contributed by atoms with Gasteiger partial charge in [0.1, 0.15) is 11.6 Å². The lowest BCUT2D eigenvalue weighted by Crippen LogP contribution is -2.43. The van der Waals surface area contributed by atoms with Crippen molar-refractivity contribution >= 4 is 12.1 Å². The second kappa shape index (κ2) is 8.07. The van der Waals surface area contributed by atoms with E-state index >= 15 is 0 Å². The number of carboxylic acids is 1. The van der Waals surface area contributed by atoms with Crippen molar-refractivity contribution in [1.29, 1.82) is 5.26 Å². The number of hydrogen-bond donors (Lipinski definition) is 2. The zero-order chi connectivity index (χ0) is 17.5. The largest absolute Gasteiger partial charge is 0.480 e. The summed E-state index contributed by atoms with van der Waals surface area (Å²) in [6, 6.07) is 0.861. The van der Waals surface area contributed by atoms with Gasteiger partial charge in [-0.25, -0.2) is 14.3 Å². The van der Waals surface area contributed by atoms with Crippen LogP contribution >= 0.6 is 0 Å². The highest BCUT2D eigenvalue weighted by Crippen LogP contribution is 2.08. The van der Waals surface area contributed by atoms with E-state index in [9.17, 15) is 14.7 Å². The van der Waals surface area contributed by atoms with Gasteiger partial charge in [-0.1, -0.05) is 0 Å². The highest BCUT2D eigenvalue weighted by molar-refractivity contribution is 5.79. The van der Waals surface area contributed by atoms with Crippen LogP contribution in [0.5, 0.6) is 0 Å². The monoisotopic (exact) mass is 324 g/mol. The minimum atomic E-state index is -1.17. The van der Waals surface area contributed by atoms with Gasteiger partial charge in [-0.15, -0.1) is 5.10 Å². The van der Waals surface area contributed by atoms with Crippen LogP contribution in [0.4, 0.5) is 4.79 Å². The topological polar surface area (TPSA) is 143 Å². The first-order valence-corrected chi connectivity index (χ1v) is 7.07. The lowest BCUT2D eigenvalue weighted by Gasteiger charge is -2.21. The third-order valence-electron chi connectivity index (χ3n) is 2.69. The molecule has 1 atom stereocenters. The fourth-order valence-corrected chi connectivity index (χ4v) is 1.71. The fourth-order valence-electron chi connectivity index (χ4n) is 1.71. The van der Waals surface area contributed by atoms with Crippen molar-refractivity contribution in [2.45, 2.75) is 58.2 Å². The van der Waals surface area contributed by atoms with Crippen molar-refractivity contribution in [3.8, 4) is 6.07 Å². The molecule has 1 amide bonds. The van der Waals surface area contributed by atoms with Crippen LogP contribution < -0.4 is 5.32 Å². The Morgan fingerprint density at radius 2 is 2.17 bits per heavy atom. The first kappa shape index (κ1) is 18.3. The average Bonchev–Trinajstić information content (AvgIpc) is 2.86. The van der Waals surface area contributed by atoms with Gasteiger partial charge in [0.2, 0.25) is 0 Å². The number of tetrazole rings is 1. The van der Waals surface area contributed by atoms with Crippen molar-refractivity contribution in [2.24, 2.45) is 0 Å². The van der Waals surface area contributed by atoms with E-state index in [2.05, 4.69) is 20.8 Å². The zero-order valence-electron chi connectivity index (χ0n) is 13.3. The molecule has 0 saturated carbocycles. The number of carbonyl (C=O) groups is 2. The number of ether oxygens (including phenoxy) is 1. The van der Waals surface area contributed by atoms with Gasteiger partial charge in [0.15, 0.2) is 5.82 Å². The molecule has 0 bridgehead atoms. The van der Waals surface area contributed by atoms with Gasteiger partial charge in [0, 0.05) is 6.42 Å². The molecule has 0 radical (unpaired) electrons. The Kier molecular flexibility index (Phi) is 6.44. The highest BCUT2D eigenvalue weighted by Gasteiger charge is 2.24. The van der Waals surface area contributed by atoms with Gasteiger partial charge < -0.3 is 15.2 Å². The summed E-state index contributed by atoms with van der Waals surface area (Å²) in [4.78, 5) is 22.9. The lowest BCUT2D eigenvalue weighted by molar-refractivity contribution is -0.139. The van der Waals surface area contributed by atoms with E-state index < -0.39 is 23.7 Å². The molecule has 2 N–H and O–H groups in total. The molecule has 1 aromatic heterocycles. The van der Waals surface area contributed by atoms with Gasteiger partial charge in [-0.2, -0.15) is 5.26 Å². The second-order valence-corrected chi connectivity index (χ2v) is 5.80. The van der Waals surface area contributed by atoms with E-state index in [-0.39, 0.29) is 19.3 Å². The van der Waals surface area contributed by atoms with E-state index in [4.69, 9.17) is 10.00 Å². The van der Waals surface area contributed by atoms with Crippen LogP contribution in [0.1, 0.15) is 39.4 Å². The van der Waals surface area contributed by atoms with E-state index in [1.54, 1.807) is 20.8 Å². The molecule has 1 rings (SSSR count). The quantitative estimate of drug-likeness (QED) is 0.737. The molecule has 0 aromatic carbocycles. The number of nitriles is 1. The van der Waals surface area contributed by atoms with Crippen molar-refractivity contribution in [3.63, 3.8) is 0 Å². The molecular formula is C13H20N6O4. The van der Waals surface area contributed by atoms with Crippen LogP contribution in [0.15, 0.2) is 0 Å². The molecule has 10 nitrogen and oxygen atoms in total. The van der Waals surface area contributed by atoms with Crippen molar-refractivity contribution in [2.75, 3.05) is 0 Å². The lowest BCUT2D eigenvalue weighted by atomic mass is 10.1. The van der Waals surface area contributed by atoms with Crippen molar-refractivity contribution in [3.05, 3.63) is 5.82 Å². The third-order valence-corrected chi connectivity index (χ3v) is 2.69. The molecule has 0 aliphatic carbocycles. The molecule has 0 aliphatic rings. The molecule has 23 heavy (non-hydrogen) atoms. The minimum Gasteiger partial charge on any atom is -0.480 e. The van der Waals surface area contributed by atoms with Crippen LogP contribution in [-0.4, -0.2) is 49.0 Å². The number of rotatable bonds is 7. The normalized spacial score (nSPS) is 12.3. The van der Waals surface area contributed by atoms with E-state index in [0.29, 0.717) is 12.4 Å². The summed E-state index contributed by atoms with van der Waals surface area (Å²) in [6.07, 6.45) is -0.211. The molecule has 0 spiro atoms. The summed E-state index contributed by atoms with van der Waals surface area (Å²) < 4.78 is 6.48. The molecule has 10 heteroatoms. The molecule has 0 saturated heterocycles. The Morgan fingerprint density at radius 3 is 2.74 bits per heavy atom. The Balaban J connectivity index is 2.61. The predicted molar refractivity (Wildman–Crippen MR) is 77.2 cm³/mol. The molecule has 0 unspecified atom stereocenters. The summed E-state index contributed by atoms with van der Waals surface area (Å²) >= 11 is 0. The number of carbonyl (C=O) groups excluding carboxylic acids is 1. The summed E-state index contributed by atoms with van der Waals surface area (Å²) in [7, 11) is 0. The number of hydrogen-bond acceptors (Lipinski definition) is 7. The minimum absolute atomic E-state index is 0.0987. The maximum atomic E-state index is 11.7. The van der Waals surface area contributed by atoms with Gasteiger partial charge >= 0.3 is 12.1 Å². The van der Waals surface area contributed by atoms with Crippen LogP contribution in [0.2, 0.25) is 0 Å². The zero-order valence-corrected chi connectivity index (χ0v) is 13.3. The SMILES string of the molecule is CC(C)(C)OC(=O)N[C@@H](CCc1nnnn1CCC#N)C(=O)O. The molecule has 1 heterocycles. The molecule has 126 valence electrons. The van der Waals surface area contributed by atoms with Crippen LogP contribution in [-0.2, 0) is 22.5 Å². The maximum Gasteiger partial charge on any atom is 0.408 e. The Labute approximate surface area is 133 Å². The Morgan fingerprint density at radius 1 is 1.48 bits per heavy atom. The van der Waals surface area contributed by atoms with Gasteiger partial charge in [-0.05, 0) is 37.6 Å². The summed E-state index contributed by atoms with van der Waals surface area (Å²) in [5.41, 5.74) is -0.714. The standard InChI is InChI=1S/C13H20N6O4/c1-13(2,3)23-12(22)15-9(11(20)21)5-6-10-16-17-18-19(10)8-4-7-14/h9H,4-6,8H2,1-3H3,(H,15,22)(H,20,21)/t9-/m0/s1. The number of carboxylic acid groups (broad SMARTS) is 1. The van der Waals surface area contributed by atoms with Crippen molar-refractivity contribution < 1.29 is 19.4 Å². The number of aromatic nitrogens is 4. The average molecular weight is 324 g/mol. The summed E-state index contributed by atoms with van der Waals surface area (Å²) in [6.45, 7) is 5.39. The number of nitrogens with zero attached hydrogens (tertiary/aromatic N) is 5. The van der Waals surface area contributed by atoms with Gasteiger partial charge in [-0.3, -0.25) is 0 Å². The number of nitrogens with one attached hydrogen (secondary N) is 1. The van der Waals surface area contributed by atoms with Crippen LogP contribution in [0.25, 0.3) is 0 Å². The first-order valence-electron chi connectivity index (χ1n) is 7.07. The highest BCUT2D eigenvalue weighted by atomic mass is 16.6. The van der Waals surface area contributed by atoms with Crippen LogP contribution in [0.3, 0.4) is 0 Å². The van der Waals surface area contributed by atoms with E-state index in [1.165, 1.54) is 4.68 Å². The smallest absolute Gasteiger partial charge is 0.408 e. The fraction of sp³-hybridized carbons (Fsp3) is 0.692. The molecular weight excluding hydrogens is 304 g/mol. The maximum absolute atomic E-state index is 11.7. The third kappa shape index (κ3) is 6.73. The second-order valence-electron chi connectivity index (χ2n) is 5.80. The summed E-state index contributed by atoms with van der Waals surface area (Å²) in [5, 5.41) is 31.1. The predicted octanol–water partition coefficient (Wildman–Crippen LogP) is 0.497. The van der Waals surface area contributed by atoms with Gasteiger partial charge in [0.05, 0.1) is 19.0 Å². The Hall–Kier alpha value is -2.70. The number of aryl methyl sites for hydroxylation is 2.